The Morgan fingerprint density at radius 3 is 2.42 bits per heavy atom. The number of carbonyl (C=O) groups excluding carboxylic acids is 1. The zero-order chi connectivity index (χ0) is 14.8. The number of aliphatic carboxylic acids is 1. The Bertz CT molecular complexity index is 334. The van der Waals surface area contributed by atoms with E-state index < -0.39 is 5.97 Å². The molecule has 0 heterocycles. The molecule has 0 fully saturated rings. The zero-order valence-corrected chi connectivity index (χ0v) is 11.8. The van der Waals surface area contributed by atoms with Gasteiger partial charge in [-0.1, -0.05) is 19.8 Å². The van der Waals surface area contributed by atoms with Gasteiger partial charge in [0.15, 0.2) is 0 Å². The molecule has 1 amide bonds. The summed E-state index contributed by atoms with van der Waals surface area (Å²) in [6.07, 6.45) is 7.05. The molecule has 0 spiro atoms. The Hall–Kier alpha value is -1.54. The van der Waals surface area contributed by atoms with Gasteiger partial charge < -0.3 is 15.7 Å². The van der Waals surface area contributed by atoms with E-state index in [1.54, 1.807) is 0 Å². The van der Waals surface area contributed by atoms with E-state index in [1.165, 1.54) is 4.90 Å². The maximum Gasteiger partial charge on any atom is 0.323 e. The van der Waals surface area contributed by atoms with E-state index in [2.05, 4.69) is 19.8 Å². The number of hydrogen-bond donors (Lipinski definition) is 2. The molecule has 0 aliphatic heterocycles. The predicted octanol–water partition coefficient (Wildman–Crippen LogP) is 0.934. The monoisotopic (exact) mass is 268 g/mol. The van der Waals surface area contributed by atoms with Crippen molar-refractivity contribution in [3.05, 3.63) is 0 Å². The maximum absolute atomic E-state index is 11.9. The van der Waals surface area contributed by atoms with Crippen molar-refractivity contribution in [2.75, 3.05) is 19.6 Å². The van der Waals surface area contributed by atoms with Gasteiger partial charge in [-0.25, -0.2) is 0 Å². The normalized spacial score (nSPS) is 11.9. The molecule has 5 heteroatoms. The van der Waals surface area contributed by atoms with Gasteiger partial charge in [-0.3, -0.25) is 9.59 Å². The Morgan fingerprint density at radius 2 is 2.00 bits per heavy atom. The summed E-state index contributed by atoms with van der Waals surface area (Å²) in [5.41, 5.74) is 5.55. The molecule has 0 bridgehead atoms. The molecule has 19 heavy (non-hydrogen) atoms. The first-order chi connectivity index (χ1) is 8.92. The number of nitrogens with two attached hydrogens (primary N) is 1. The van der Waals surface area contributed by atoms with Crippen LogP contribution in [0.5, 0.6) is 0 Å². The summed E-state index contributed by atoms with van der Waals surface area (Å²) in [6.45, 7) is 4.49. The van der Waals surface area contributed by atoms with Crippen molar-refractivity contribution in [1.29, 1.82) is 0 Å². The molecule has 5 nitrogen and oxygen atoms in total. The Morgan fingerprint density at radius 1 is 1.37 bits per heavy atom. The second-order valence-corrected chi connectivity index (χ2v) is 4.97. The molecule has 1 atom stereocenters. The zero-order valence-electron chi connectivity index (χ0n) is 11.8. The standard InChI is InChI=1S/C14H24N2O3/c1-4-9-16(10-14(18)19)13(17)6-5-12(7-8-15)11(2)3/h1,11-12H,5-10,15H2,2-3H3,(H,18,19). The van der Waals surface area contributed by atoms with Gasteiger partial charge in [0.25, 0.3) is 0 Å². The third-order valence-electron chi connectivity index (χ3n) is 3.17. The minimum absolute atomic E-state index is 0.0361. The van der Waals surface area contributed by atoms with Crippen molar-refractivity contribution >= 4 is 11.9 Å². The molecule has 0 aromatic carbocycles. The summed E-state index contributed by atoms with van der Waals surface area (Å²) < 4.78 is 0. The molecule has 3 N–H and O–H groups in total. The van der Waals surface area contributed by atoms with Crippen molar-refractivity contribution in [2.24, 2.45) is 17.6 Å². The minimum Gasteiger partial charge on any atom is -0.480 e. The first kappa shape index (κ1) is 17.5. The van der Waals surface area contributed by atoms with Gasteiger partial charge in [-0.05, 0) is 31.2 Å². The van der Waals surface area contributed by atoms with Crippen LogP contribution in [-0.4, -0.2) is 41.5 Å². The average Bonchev–Trinajstić information content (AvgIpc) is 2.32. The van der Waals surface area contributed by atoms with Crippen LogP contribution >= 0.6 is 0 Å². The summed E-state index contributed by atoms with van der Waals surface area (Å²) in [5.74, 6) is 1.89. The Labute approximate surface area is 115 Å². The number of nitrogens with zero attached hydrogens (tertiary/aromatic N) is 1. The van der Waals surface area contributed by atoms with Crippen molar-refractivity contribution in [3.8, 4) is 12.3 Å². The first-order valence-electron chi connectivity index (χ1n) is 6.55. The molecule has 1 unspecified atom stereocenters. The fraction of sp³-hybridized carbons (Fsp3) is 0.714. The van der Waals surface area contributed by atoms with Gasteiger partial charge in [0.1, 0.15) is 6.54 Å². The van der Waals surface area contributed by atoms with Gasteiger partial charge in [0.2, 0.25) is 5.91 Å². The van der Waals surface area contributed by atoms with Crippen LogP contribution in [0.25, 0.3) is 0 Å². The lowest BCUT2D eigenvalue weighted by molar-refractivity contribution is -0.144. The van der Waals surface area contributed by atoms with Crippen LogP contribution in [-0.2, 0) is 9.59 Å². The van der Waals surface area contributed by atoms with Gasteiger partial charge in [0, 0.05) is 6.42 Å². The summed E-state index contributed by atoms with van der Waals surface area (Å²) >= 11 is 0. The molecular formula is C14H24N2O3. The SMILES string of the molecule is C#CCN(CC(=O)O)C(=O)CCC(CCN)C(C)C. The average molecular weight is 268 g/mol. The molecule has 0 radical (unpaired) electrons. The summed E-state index contributed by atoms with van der Waals surface area (Å²) in [4.78, 5) is 23.8. The van der Waals surface area contributed by atoms with Crippen LogP contribution in [0.15, 0.2) is 0 Å². The highest BCUT2D eigenvalue weighted by atomic mass is 16.4. The van der Waals surface area contributed by atoms with Crippen molar-refractivity contribution in [1.82, 2.24) is 4.90 Å². The second kappa shape index (κ2) is 9.40. The number of carboxylic acid groups (broad SMARTS) is 1. The molecule has 0 aromatic rings. The Balaban J connectivity index is 4.38. The van der Waals surface area contributed by atoms with Gasteiger partial charge >= 0.3 is 5.97 Å². The topological polar surface area (TPSA) is 83.6 Å². The van der Waals surface area contributed by atoms with Crippen LogP contribution in [0.2, 0.25) is 0 Å². The van der Waals surface area contributed by atoms with E-state index in [4.69, 9.17) is 17.3 Å². The van der Waals surface area contributed by atoms with Gasteiger partial charge in [-0.2, -0.15) is 0 Å². The second-order valence-electron chi connectivity index (χ2n) is 4.97. The van der Waals surface area contributed by atoms with Crippen molar-refractivity contribution in [2.45, 2.75) is 33.1 Å². The molecule has 108 valence electrons. The number of carboxylic acids is 1. The predicted molar refractivity (Wildman–Crippen MR) is 74.3 cm³/mol. The van der Waals surface area contributed by atoms with E-state index in [0.717, 1.165) is 6.42 Å². The quantitative estimate of drug-likeness (QED) is 0.609. The Kier molecular flexibility index (Phi) is 8.64. The van der Waals surface area contributed by atoms with Crippen molar-refractivity contribution < 1.29 is 14.7 Å². The molecule has 0 rings (SSSR count). The molecular weight excluding hydrogens is 244 g/mol. The minimum atomic E-state index is -1.05. The highest BCUT2D eigenvalue weighted by Gasteiger charge is 2.19. The third kappa shape index (κ3) is 7.47. The number of hydrogen-bond acceptors (Lipinski definition) is 3. The lowest BCUT2D eigenvalue weighted by Gasteiger charge is -2.22. The summed E-state index contributed by atoms with van der Waals surface area (Å²) in [6, 6.07) is 0. The van der Waals surface area contributed by atoms with Gasteiger partial charge in [-0.15, -0.1) is 6.42 Å². The van der Waals surface area contributed by atoms with E-state index in [0.29, 0.717) is 31.2 Å². The molecule has 0 aliphatic carbocycles. The van der Waals surface area contributed by atoms with Gasteiger partial charge in [0.05, 0.1) is 6.54 Å². The summed E-state index contributed by atoms with van der Waals surface area (Å²) in [7, 11) is 0. The van der Waals surface area contributed by atoms with E-state index in [-0.39, 0.29) is 19.0 Å². The van der Waals surface area contributed by atoms with E-state index in [9.17, 15) is 9.59 Å². The van der Waals surface area contributed by atoms with Crippen LogP contribution in [0.3, 0.4) is 0 Å². The highest BCUT2D eigenvalue weighted by Crippen LogP contribution is 2.20. The molecule has 0 saturated carbocycles. The fourth-order valence-electron chi connectivity index (χ4n) is 2.00. The highest BCUT2D eigenvalue weighted by molar-refractivity contribution is 5.81. The number of terminal acetylenes is 1. The molecule has 0 aromatic heterocycles. The number of carbonyl (C=O) groups is 2. The first-order valence-corrected chi connectivity index (χ1v) is 6.55. The summed E-state index contributed by atoms with van der Waals surface area (Å²) in [5, 5.41) is 8.73. The van der Waals surface area contributed by atoms with Crippen LogP contribution in [0, 0.1) is 24.2 Å². The van der Waals surface area contributed by atoms with E-state index in [1.807, 2.05) is 0 Å². The van der Waals surface area contributed by atoms with E-state index >= 15 is 0 Å². The molecule has 0 aliphatic rings. The smallest absolute Gasteiger partial charge is 0.323 e. The molecule has 0 saturated heterocycles. The number of amides is 1. The lowest BCUT2D eigenvalue weighted by Crippen LogP contribution is -2.36. The maximum atomic E-state index is 11.9. The van der Waals surface area contributed by atoms with Crippen LogP contribution < -0.4 is 5.73 Å². The third-order valence-corrected chi connectivity index (χ3v) is 3.17. The van der Waals surface area contributed by atoms with Crippen molar-refractivity contribution in [3.63, 3.8) is 0 Å². The van der Waals surface area contributed by atoms with Crippen LogP contribution in [0.1, 0.15) is 33.1 Å². The number of rotatable bonds is 9. The largest absolute Gasteiger partial charge is 0.480 e. The van der Waals surface area contributed by atoms with Crippen LogP contribution in [0.4, 0.5) is 0 Å². The fourth-order valence-corrected chi connectivity index (χ4v) is 2.00. The lowest BCUT2D eigenvalue weighted by atomic mass is 9.88.